The molecule has 7 heterocycles. The molecule has 0 unspecified atom stereocenters. The minimum Gasteiger partial charge on any atom is -0.463 e. The number of piperidine rings is 3. The minimum atomic E-state index is -0.583. The fourth-order valence-electron chi connectivity index (χ4n) is 13.4. The predicted octanol–water partition coefficient (Wildman–Crippen LogP) is 9.58. The number of imide groups is 1. The zero-order chi connectivity index (χ0) is 50.2. The number of benzene rings is 3. The maximum absolute atomic E-state index is 17.3. The predicted molar refractivity (Wildman–Crippen MR) is 276 cm³/mol. The number of aliphatic hydroxyl groups excluding tert-OH is 1. The number of nitrogens with zero attached hydrogens (tertiary/aromatic N) is 8. The average Bonchev–Trinajstić information content (AvgIpc) is 4.03. The lowest BCUT2D eigenvalue weighted by atomic mass is 9.56. The molecule has 0 bridgehead atoms. The van der Waals surface area contributed by atoms with Gasteiger partial charge in [0, 0.05) is 69.2 Å². The number of amides is 3. The number of aliphatic hydroxyl groups is 1. The van der Waals surface area contributed by atoms with Crippen molar-refractivity contribution < 1.29 is 34.0 Å². The monoisotopic (exact) mass is 1000 g/mol. The van der Waals surface area contributed by atoms with E-state index in [0.717, 1.165) is 114 Å². The lowest BCUT2D eigenvalue weighted by molar-refractivity contribution is -0.120. The van der Waals surface area contributed by atoms with E-state index < -0.39 is 11.8 Å². The van der Waals surface area contributed by atoms with Gasteiger partial charge in [0.2, 0.25) is 5.91 Å². The maximum atomic E-state index is 17.3. The molecular formula is C56H67F3N10O4. The first-order chi connectivity index (χ1) is 35.4. The molecule has 386 valence electrons. The third kappa shape index (κ3) is 9.06. The molecule has 4 saturated heterocycles. The number of pyridine rings is 1. The second-order valence-corrected chi connectivity index (χ2v) is 22.4. The Labute approximate surface area is 424 Å². The van der Waals surface area contributed by atoms with Crippen LogP contribution in [-0.4, -0.2) is 124 Å². The molecule has 3 N–H and O–H groups in total. The van der Waals surface area contributed by atoms with Gasteiger partial charge in [-0.2, -0.15) is 15.1 Å². The van der Waals surface area contributed by atoms with E-state index in [2.05, 4.69) is 30.2 Å². The van der Waals surface area contributed by atoms with Gasteiger partial charge in [0.05, 0.1) is 17.5 Å². The van der Waals surface area contributed by atoms with Gasteiger partial charge in [-0.15, -0.1) is 0 Å². The van der Waals surface area contributed by atoms with Gasteiger partial charge in [0.15, 0.2) is 11.6 Å². The van der Waals surface area contributed by atoms with E-state index >= 15 is 13.2 Å². The van der Waals surface area contributed by atoms with Crippen molar-refractivity contribution in [3.8, 4) is 17.3 Å². The number of halogens is 3. The number of hydrogen-bond acceptors (Lipinski definition) is 11. The highest BCUT2D eigenvalue weighted by atomic mass is 19.1. The van der Waals surface area contributed by atoms with Crippen molar-refractivity contribution in [2.45, 2.75) is 109 Å². The third-order valence-electron chi connectivity index (χ3n) is 17.6. The highest BCUT2D eigenvalue weighted by molar-refractivity contribution is 6.09. The number of carbonyl (C=O) groups is 2. The molecule has 1 atom stereocenters. The van der Waals surface area contributed by atoms with Crippen LogP contribution in [0, 0.1) is 41.1 Å². The summed E-state index contributed by atoms with van der Waals surface area (Å²) < 4.78 is 54.9. The van der Waals surface area contributed by atoms with Crippen molar-refractivity contribution in [3.05, 3.63) is 76.7 Å². The number of carbonyl (C=O) groups excluding carboxylic acids is 2. The van der Waals surface area contributed by atoms with Crippen LogP contribution in [0.4, 0.5) is 29.6 Å². The number of rotatable bonds is 13. The van der Waals surface area contributed by atoms with Crippen molar-refractivity contribution in [2.24, 2.45) is 16.7 Å². The first kappa shape index (κ1) is 48.1. The SMILES string of the molecule is CCc1c(F)ccc2cc(C)cc(-c3ncc4c(N5CCC[C@H](CCO)C5)nc(OCC5(CN6CCC(N7CCC8(CC7)CC(c7cc9[nH]nc(N%10CCC(=O)NC%10=O)c9cc7F)C8)CC6)CC5)nc4c3F)c12.[HH]. The Morgan fingerprint density at radius 2 is 1.71 bits per heavy atom. The van der Waals surface area contributed by atoms with Gasteiger partial charge in [0.25, 0.3) is 0 Å². The van der Waals surface area contributed by atoms with Gasteiger partial charge in [-0.05, 0) is 179 Å². The van der Waals surface area contributed by atoms with Crippen molar-refractivity contribution in [1.29, 1.82) is 0 Å². The molecule has 17 heteroatoms. The van der Waals surface area contributed by atoms with Crippen LogP contribution in [-0.2, 0) is 11.2 Å². The van der Waals surface area contributed by atoms with E-state index in [1.807, 2.05) is 32.0 Å². The number of nitrogens with one attached hydrogen (secondary N) is 2. The van der Waals surface area contributed by atoms with Crippen LogP contribution in [0.15, 0.2) is 42.6 Å². The molecule has 4 aliphatic heterocycles. The summed E-state index contributed by atoms with van der Waals surface area (Å²) in [6, 6.07) is 10.6. The van der Waals surface area contributed by atoms with Gasteiger partial charge in [-0.1, -0.05) is 19.1 Å². The summed E-state index contributed by atoms with van der Waals surface area (Å²) in [5.74, 6) is -0.153. The molecule has 3 aromatic heterocycles. The molecule has 6 aliphatic rings. The summed E-state index contributed by atoms with van der Waals surface area (Å²) >= 11 is 0. The molecule has 6 aromatic rings. The minimum absolute atomic E-state index is 0. The molecular weight excluding hydrogens is 934 g/mol. The molecule has 6 fully saturated rings. The first-order valence-electron chi connectivity index (χ1n) is 26.7. The number of fused-ring (bicyclic) bond motifs is 3. The maximum Gasteiger partial charge on any atom is 0.329 e. The van der Waals surface area contributed by atoms with Gasteiger partial charge in [0.1, 0.15) is 28.7 Å². The van der Waals surface area contributed by atoms with Crippen molar-refractivity contribution in [1.82, 2.24) is 40.3 Å². The molecule has 3 aromatic carbocycles. The zero-order valence-electron chi connectivity index (χ0n) is 41.9. The zero-order valence-corrected chi connectivity index (χ0v) is 41.9. The summed E-state index contributed by atoms with van der Waals surface area (Å²) in [4.78, 5) is 47.5. The van der Waals surface area contributed by atoms with Crippen LogP contribution in [0.3, 0.4) is 0 Å². The Morgan fingerprint density at radius 3 is 2.47 bits per heavy atom. The number of aryl methyl sites for hydroxylation is 2. The fourth-order valence-corrected chi connectivity index (χ4v) is 13.4. The Balaban J connectivity index is 0.00000588. The van der Waals surface area contributed by atoms with Crippen LogP contribution in [0.1, 0.15) is 108 Å². The molecule has 1 spiro atoms. The van der Waals surface area contributed by atoms with Gasteiger partial charge in [-0.25, -0.2) is 18.0 Å². The van der Waals surface area contributed by atoms with E-state index in [0.29, 0.717) is 82.0 Å². The molecule has 12 rings (SSSR count). The Kier molecular flexibility index (Phi) is 12.6. The number of likely N-dealkylation sites (tertiary alicyclic amines) is 2. The molecule has 14 nitrogen and oxygen atoms in total. The van der Waals surface area contributed by atoms with Crippen LogP contribution in [0.25, 0.3) is 43.8 Å². The summed E-state index contributed by atoms with van der Waals surface area (Å²) in [5.41, 5.74) is 3.85. The summed E-state index contributed by atoms with van der Waals surface area (Å²) in [6.45, 7) is 11.1. The normalized spacial score (nSPS) is 21.9. The van der Waals surface area contributed by atoms with Crippen molar-refractivity contribution in [3.63, 3.8) is 0 Å². The highest BCUT2D eigenvalue weighted by Crippen LogP contribution is 2.58. The summed E-state index contributed by atoms with van der Waals surface area (Å²) in [6.07, 6.45) is 13.4. The van der Waals surface area contributed by atoms with Gasteiger partial charge in [-0.3, -0.25) is 25.1 Å². The lowest BCUT2D eigenvalue weighted by Gasteiger charge is -2.54. The number of ether oxygens (including phenoxy) is 1. The van der Waals surface area contributed by atoms with E-state index in [-0.39, 0.29) is 78.4 Å². The highest BCUT2D eigenvalue weighted by Gasteiger charge is 2.49. The first-order valence-corrected chi connectivity index (χ1v) is 26.7. The number of H-pyrrole nitrogens is 1. The Hall–Kier alpha value is -5.91. The number of anilines is 2. The van der Waals surface area contributed by atoms with Crippen molar-refractivity contribution in [2.75, 3.05) is 75.4 Å². The van der Waals surface area contributed by atoms with Crippen molar-refractivity contribution >= 4 is 56.2 Å². The summed E-state index contributed by atoms with van der Waals surface area (Å²) in [7, 11) is 0. The lowest BCUT2D eigenvalue weighted by Crippen LogP contribution is -2.52. The van der Waals surface area contributed by atoms with Crippen LogP contribution < -0.4 is 19.9 Å². The average molecular weight is 1000 g/mol. The number of aromatic amines is 1. The molecule has 2 saturated carbocycles. The molecule has 3 amide bonds. The Bertz CT molecular complexity index is 3130. The van der Waals surface area contributed by atoms with Crippen LogP contribution in [0.5, 0.6) is 6.01 Å². The quantitative estimate of drug-likeness (QED) is 0.101. The Morgan fingerprint density at radius 1 is 0.904 bits per heavy atom. The van der Waals surface area contributed by atoms with Gasteiger partial charge >= 0.3 is 12.0 Å². The number of aromatic nitrogens is 5. The van der Waals surface area contributed by atoms with E-state index in [9.17, 15) is 14.7 Å². The van der Waals surface area contributed by atoms with Gasteiger partial charge < -0.3 is 24.5 Å². The second kappa shape index (κ2) is 19.1. The standard InChI is InChI=1S/C56H65F3N10O4.H2/c1-3-38-43(57)7-6-35-23-33(2)24-41(47(35)38)49-48(59)50-42(29-60-49)51(68-16-4-5-34(30-68)11-22-70)63-53(62-50)73-32-56(12-13-56)31-66-17-8-37(9-18-66)67-20-14-55(15-21-67)27-36(28-55)39-26-45-40(25-44(39)58)52(65-64-45)69-19-10-46(71)61-54(69)72;/h6-7,23-26,29,34,36-37,70H,3-5,8-22,27-28,30-32H2,1-2H3,(H,64,65)(H,61,71,72);1H/t34-;/m1./s1. The number of urea groups is 1. The summed E-state index contributed by atoms with van der Waals surface area (Å²) in [5, 5.41) is 22.0. The smallest absolute Gasteiger partial charge is 0.329 e. The van der Waals surface area contributed by atoms with Crippen LogP contribution in [0.2, 0.25) is 0 Å². The van der Waals surface area contributed by atoms with E-state index in [1.54, 1.807) is 12.3 Å². The molecule has 73 heavy (non-hydrogen) atoms. The largest absolute Gasteiger partial charge is 0.463 e. The number of hydrogen-bond donors (Lipinski definition) is 3. The molecule has 2 aliphatic carbocycles. The third-order valence-corrected chi connectivity index (χ3v) is 17.6. The fraction of sp³-hybridized carbons (Fsp3) is 0.536. The van der Waals surface area contributed by atoms with E-state index in [4.69, 9.17) is 19.7 Å². The topological polar surface area (TPSA) is 156 Å². The van der Waals surface area contributed by atoms with Crippen LogP contribution >= 0.6 is 0 Å². The molecule has 0 radical (unpaired) electrons. The second-order valence-electron chi connectivity index (χ2n) is 22.4. The van der Waals surface area contributed by atoms with E-state index in [1.165, 1.54) is 17.0 Å².